The van der Waals surface area contributed by atoms with E-state index in [4.69, 9.17) is 16.7 Å². The van der Waals surface area contributed by atoms with Gasteiger partial charge in [-0.3, -0.25) is 4.79 Å². The molecule has 0 aromatic heterocycles. The smallest absolute Gasteiger partial charge is 0.309 e. The molecule has 18 heavy (non-hydrogen) atoms. The van der Waals surface area contributed by atoms with Crippen molar-refractivity contribution < 1.29 is 18.3 Å². The topological polar surface area (TPSA) is 71.4 Å². The molecule has 1 aromatic rings. The van der Waals surface area contributed by atoms with E-state index in [1.165, 1.54) is 12.1 Å². The van der Waals surface area contributed by atoms with E-state index in [0.717, 1.165) is 6.26 Å². The van der Waals surface area contributed by atoms with Gasteiger partial charge in [0.05, 0.1) is 10.3 Å². The standard InChI is InChI=1S/C12H15ClO4S/c1-12(2,11(14)15)7-8-4-9(13)6-10(5-8)18(3,16)17/h4-6H,7H2,1-3H3,(H,14,15). The monoisotopic (exact) mass is 290 g/mol. The summed E-state index contributed by atoms with van der Waals surface area (Å²) in [6, 6.07) is 4.40. The Labute approximate surface area is 112 Å². The summed E-state index contributed by atoms with van der Waals surface area (Å²) in [6.45, 7) is 3.16. The molecule has 0 aliphatic heterocycles. The lowest BCUT2D eigenvalue weighted by Crippen LogP contribution is -2.26. The normalized spacial score (nSPS) is 12.4. The van der Waals surface area contributed by atoms with Crippen LogP contribution in [0.1, 0.15) is 19.4 Å². The summed E-state index contributed by atoms with van der Waals surface area (Å²) in [5, 5.41) is 9.34. The second-order valence-corrected chi connectivity index (χ2v) is 7.39. The van der Waals surface area contributed by atoms with Crippen LogP contribution < -0.4 is 0 Å². The minimum Gasteiger partial charge on any atom is -0.481 e. The summed E-state index contributed by atoms with van der Waals surface area (Å²) in [6.07, 6.45) is 1.30. The van der Waals surface area contributed by atoms with Crippen LogP contribution in [-0.2, 0) is 21.1 Å². The number of benzene rings is 1. The predicted molar refractivity (Wildman–Crippen MR) is 69.7 cm³/mol. The molecule has 0 radical (unpaired) electrons. The summed E-state index contributed by atoms with van der Waals surface area (Å²) in [4.78, 5) is 11.1. The molecule has 0 aliphatic carbocycles. The van der Waals surface area contributed by atoms with Crippen molar-refractivity contribution in [3.63, 3.8) is 0 Å². The predicted octanol–water partition coefficient (Wildman–Crippen LogP) is 2.40. The van der Waals surface area contributed by atoms with Crippen LogP contribution in [0.3, 0.4) is 0 Å². The Morgan fingerprint density at radius 3 is 2.33 bits per heavy atom. The Balaban J connectivity index is 3.20. The lowest BCUT2D eigenvalue weighted by molar-refractivity contribution is -0.146. The minimum absolute atomic E-state index is 0.103. The van der Waals surface area contributed by atoms with E-state index in [1.54, 1.807) is 19.9 Å². The maximum Gasteiger partial charge on any atom is 0.309 e. The first kappa shape index (κ1) is 15.0. The molecule has 1 aromatic carbocycles. The number of halogens is 1. The van der Waals surface area contributed by atoms with E-state index in [-0.39, 0.29) is 16.3 Å². The fraction of sp³-hybridized carbons (Fsp3) is 0.417. The van der Waals surface area contributed by atoms with Crippen molar-refractivity contribution in [1.29, 1.82) is 0 Å². The first-order valence-electron chi connectivity index (χ1n) is 5.25. The van der Waals surface area contributed by atoms with Crippen LogP contribution in [-0.4, -0.2) is 25.7 Å². The van der Waals surface area contributed by atoms with Crippen molar-refractivity contribution in [1.82, 2.24) is 0 Å². The van der Waals surface area contributed by atoms with Crippen molar-refractivity contribution in [3.8, 4) is 0 Å². The van der Waals surface area contributed by atoms with Crippen molar-refractivity contribution >= 4 is 27.4 Å². The van der Waals surface area contributed by atoms with Gasteiger partial charge in [-0.15, -0.1) is 0 Å². The maximum absolute atomic E-state index is 11.5. The molecule has 0 spiro atoms. The number of sulfone groups is 1. The largest absolute Gasteiger partial charge is 0.481 e. The lowest BCUT2D eigenvalue weighted by atomic mass is 9.86. The van der Waals surface area contributed by atoms with Gasteiger partial charge in [-0.05, 0) is 44.0 Å². The van der Waals surface area contributed by atoms with E-state index in [0.29, 0.717) is 5.56 Å². The number of carboxylic acids is 1. The van der Waals surface area contributed by atoms with Crippen LogP contribution in [0.15, 0.2) is 23.1 Å². The van der Waals surface area contributed by atoms with E-state index in [9.17, 15) is 13.2 Å². The Kier molecular flexibility index (Phi) is 4.08. The molecule has 4 nitrogen and oxygen atoms in total. The van der Waals surface area contributed by atoms with Gasteiger partial charge in [0.15, 0.2) is 9.84 Å². The third-order valence-corrected chi connectivity index (χ3v) is 3.89. The fourth-order valence-corrected chi connectivity index (χ4v) is 2.55. The van der Waals surface area contributed by atoms with Gasteiger partial charge in [-0.2, -0.15) is 0 Å². The molecule has 0 fully saturated rings. The molecule has 0 saturated carbocycles. The van der Waals surface area contributed by atoms with Gasteiger partial charge >= 0.3 is 5.97 Å². The molecule has 0 atom stereocenters. The van der Waals surface area contributed by atoms with Gasteiger partial charge in [0, 0.05) is 11.3 Å². The minimum atomic E-state index is -3.36. The molecule has 0 heterocycles. The quantitative estimate of drug-likeness (QED) is 0.924. The number of rotatable bonds is 4. The first-order chi connectivity index (χ1) is 8.02. The molecular weight excluding hydrogens is 276 g/mol. The van der Waals surface area contributed by atoms with Crippen molar-refractivity contribution in [3.05, 3.63) is 28.8 Å². The van der Waals surface area contributed by atoms with Crippen LogP contribution in [0.5, 0.6) is 0 Å². The average molecular weight is 291 g/mol. The molecule has 0 unspecified atom stereocenters. The molecule has 0 aliphatic rings. The number of aliphatic carboxylic acids is 1. The summed E-state index contributed by atoms with van der Waals surface area (Å²) in [7, 11) is -3.36. The van der Waals surface area contributed by atoms with Crippen LogP contribution in [0.25, 0.3) is 0 Å². The SMILES string of the molecule is CC(C)(Cc1cc(Cl)cc(S(C)(=O)=O)c1)C(=O)O. The molecule has 6 heteroatoms. The van der Waals surface area contributed by atoms with Gasteiger partial charge in [0.2, 0.25) is 0 Å². The highest BCUT2D eigenvalue weighted by atomic mass is 35.5. The number of carboxylic acid groups (broad SMARTS) is 1. The van der Waals surface area contributed by atoms with Crippen molar-refractivity contribution in [2.24, 2.45) is 5.41 Å². The van der Waals surface area contributed by atoms with Crippen LogP contribution in [0.4, 0.5) is 0 Å². The van der Waals surface area contributed by atoms with E-state index >= 15 is 0 Å². The molecule has 0 bridgehead atoms. The highest BCUT2D eigenvalue weighted by molar-refractivity contribution is 7.90. The highest BCUT2D eigenvalue weighted by Crippen LogP contribution is 2.26. The molecule has 100 valence electrons. The van der Waals surface area contributed by atoms with Gasteiger partial charge in [0.25, 0.3) is 0 Å². The first-order valence-corrected chi connectivity index (χ1v) is 7.52. The average Bonchev–Trinajstić information content (AvgIpc) is 2.13. The molecule has 1 rings (SSSR count). The zero-order valence-electron chi connectivity index (χ0n) is 10.4. The van der Waals surface area contributed by atoms with Gasteiger partial charge in [-0.1, -0.05) is 11.6 Å². The molecule has 0 saturated heterocycles. The summed E-state index contributed by atoms with van der Waals surface area (Å²) in [5.74, 6) is -0.941. The second kappa shape index (κ2) is 4.90. The van der Waals surface area contributed by atoms with Crippen molar-refractivity contribution in [2.75, 3.05) is 6.26 Å². The summed E-state index contributed by atoms with van der Waals surface area (Å²) < 4.78 is 22.9. The lowest BCUT2D eigenvalue weighted by Gasteiger charge is -2.19. The number of hydrogen-bond acceptors (Lipinski definition) is 3. The second-order valence-electron chi connectivity index (χ2n) is 4.93. The molecule has 0 amide bonds. The summed E-state index contributed by atoms with van der Waals surface area (Å²) >= 11 is 5.85. The molecule has 1 N–H and O–H groups in total. The van der Waals surface area contributed by atoms with Gasteiger partial charge in [-0.25, -0.2) is 8.42 Å². The third-order valence-electron chi connectivity index (χ3n) is 2.58. The van der Waals surface area contributed by atoms with Crippen molar-refractivity contribution in [2.45, 2.75) is 25.2 Å². The Bertz CT molecular complexity index is 576. The Morgan fingerprint density at radius 1 is 1.33 bits per heavy atom. The zero-order chi connectivity index (χ0) is 14.1. The Hall–Kier alpha value is -1.07. The van der Waals surface area contributed by atoms with Gasteiger partial charge in [0.1, 0.15) is 0 Å². The van der Waals surface area contributed by atoms with Gasteiger partial charge < -0.3 is 5.11 Å². The number of carbonyl (C=O) groups is 1. The van der Waals surface area contributed by atoms with E-state index in [2.05, 4.69) is 0 Å². The van der Waals surface area contributed by atoms with Crippen LogP contribution >= 0.6 is 11.6 Å². The maximum atomic E-state index is 11.5. The third kappa shape index (κ3) is 3.71. The Morgan fingerprint density at radius 2 is 1.89 bits per heavy atom. The molecular formula is C12H15ClO4S. The summed E-state index contributed by atoms with van der Waals surface area (Å²) in [5.41, 5.74) is -0.380. The number of hydrogen-bond donors (Lipinski definition) is 1. The van der Waals surface area contributed by atoms with Crippen LogP contribution in [0, 0.1) is 5.41 Å². The van der Waals surface area contributed by atoms with E-state index in [1.807, 2.05) is 0 Å². The fourth-order valence-electron chi connectivity index (χ4n) is 1.52. The van der Waals surface area contributed by atoms with Crippen LogP contribution in [0.2, 0.25) is 5.02 Å². The zero-order valence-corrected chi connectivity index (χ0v) is 12.0. The highest BCUT2D eigenvalue weighted by Gasteiger charge is 2.27. The van der Waals surface area contributed by atoms with E-state index < -0.39 is 21.2 Å².